The number of hydrogen-bond donors (Lipinski definition) is 0. The summed E-state index contributed by atoms with van der Waals surface area (Å²) in [7, 11) is 0. The maximum atomic E-state index is 12.6. The van der Waals surface area contributed by atoms with E-state index in [2.05, 4.69) is 10.1 Å². The van der Waals surface area contributed by atoms with Crippen LogP contribution < -0.4 is 4.74 Å². The van der Waals surface area contributed by atoms with Gasteiger partial charge >= 0.3 is 0 Å². The molecule has 7 nitrogen and oxygen atoms in total. The third-order valence-corrected chi connectivity index (χ3v) is 3.91. The van der Waals surface area contributed by atoms with E-state index in [1.54, 1.807) is 31.2 Å². The standard InChI is InChI=1S/C17H21N3O4/c1-11-9-22-12(2)8-20(11)17(21)14-4-6-15(7-5-14)23-10-16-18-13(3)24-19-16/h4-7,11-12H,8-10H2,1-3H3/t11-,12+/m0/s1. The van der Waals surface area contributed by atoms with Crippen LogP contribution >= 0.6 is 0 Å². The molecule has 0 spiro atoms. The lowest BCUT2D eigenvalue weighted by Crippen LogP contribution is -2.50. The molecule has 1 aromatic carbocycles. The van der Waals surface area contributed by atoms with E-state index in [-0.39, 0.29) is 24.7 Å². The van der Waals surface area contributed by atoms with Gasteiger partial charge in [0, 0.05) is 19.0 Å². The van der Waals surface area contributed by atoms with Crippen molar-refractivity contribution in [2.45, 2.75) is 39.5 Å². The molecule has 0 bridgehead atoms. The van der Waals surface area contributed by atoms with Crippen LogP contribution in [0.4, 0.5) is 0 Å². The molecule has 2 aromatic rings. The van der Waals surface area contributed by atoms with E-state index >= 15 is 0 Å². The van der Waals surface area contributed by atoms with Crippen molar-refractivity contribution < 1.29 is 18.8 Å². The number of nitrogens with zero attached hydrogens (tertiary/aromatic N) is 3. The number of carbonyl (C=O) groups excluding carboxylic acids is 1. The third-order valence-electron chi connectivity index (χ3n) is 3.91. The highest BCUT2D eigenvalue weighted by atomic mass is 16.5. The zero-order chi connectivity index (χ0) is 17.1. The molecule has 24 heavy (non-hydrogen) atoms. The van der Waals surface area contributed by atoms with Crippen LogP contribution in [0.5, 0.6) is 5.75 Å². The van der Waals surface area contributed by atoms with Crippen LogP contribution in [0.2, 0.25) is 0 Å². The fraction of sp³-hybridized carbons (Fsp3) is 0.471. The minimum Gasteiger partial charge on any atom is -0.485 e. The summed E-state index contributed by atoms with van der Waals surface area (Å²) in [6, 6.07) is 7.16. The molecule has 128 valence electrons. The Morgan fingerprint density at radius 1 is 1.33 bits per heavy atom. The quantitative estimate of drug-likeness (QED) is 0.855. The molecule has 3 rings (SSSR count). The van der Waals surface area contributed by atoms with Gasteiger partial charge in [-0.1, -0.05) is 5.16 Å². The second-order valence-electron chi connectivity index (χ2n) is 5.99. The largest absolute Gasteiger partial charge is 0.485 e. The first-order chi connectivity index (χ1) is 11.5. The van der Waals surface area contributed by atoms with Gasteiger partial charge in [0.05, 0.1) is 18.8 Å². The normalized spacial score (nSPS) is 20.9. The van der Waals surface area contributed by atoms with Gasteiger partial charge in [-0.2, -0.15) is 4.98 Å². The molecule has 7 heteroatoms. The number of ether oxygens (including phenoxy) is 2. The lowest BCUT2D eigenvalue weighted by molar-refractivity contribution is -0.0387. The molecule has 1 aliphatic rings. The van der Waals surface area contributed by atoms with Gasteiger partial charge in [0.15, 0.2) is 6.61 Å². The van der Waals surface area contributed by atoms with Crippen LogP contribution in [0, 0.1) is 6.92 Å². The van der Waals surface area contributed by atoms with E-state index in [1.165, 1.54) is 0 Å². The topological polar surface area (TPSA) is 77.7 Å². The number of aromatic nitrogens is 2. The van der Waals surface area contributed by atoms with E-state index in [4.69, 9.17) is 14.0 Å². The van der Waals surface area contributed by atoms with Gasteiger partial charge in [-0.15, -0.1) is 0 Å². The summed E-state index contributed by atoms with van der Waals surface area (Å²) in [5.41, 5.74) is 0.638. The molecule has 0 N–H and O–H groups in total. The van der Waals surface area contributed by atoms with Gasteiger partial charge in [0.1, 0.15) is 5.75 Å². The Labute approximate surface area is 140 Å². The summed E-state index contributed by atoms with van der Waals surface area (Å²) >= 11 is 0. The maximum Gasteiger partial charge on any atom is 0.254 e. The maximum absolute atomic E-state index is 12.6. The molecular weight excluding hydrogens is 310 g/mol. The second-order valence-corrected chi connectivity index (χ2v) is 5.99. The molecule has 1 saturated heterocycles. The molecule has 1 aromatic heterocycles. The average Bonchev–Trinajstić information content (AvgIpc) is 3.00. The van der Waals surface area contributed by atoms with Crippen molar-refractivity contribution in [1.82, 2.24) is 15.0 Å². The zero-order valence-corrected chi connectivity index (χ0v) is 14.1. The molecule has 0 aliphatic carbocycles. The highest BCUT2D eigenvalue weighted by molar-refractivity contribution is 5.94. The molecule has 0 unspecified atom stereocenters. The summed E-state index contributed by atoms with van der Waals surface area (Å²) in [5, 5.41) is 3.77. The van der Waals surface area contributed by atoms with Crippen molar-refractivity contribution in [1.29, 1.82) is 0 Å². The van der Waals surface area contributed by atoms with E-state index in [9.17, 15) is 4.79 Å². The van der Waals surface area contributed by atoms with E-state index in [1.807, 2.05) is 18.7 Å². The smallest absolute Gasteiger partial charge is 0.254 e. The minimum absolute atomic E-state index is 0.0120. The second kappa shape index (κ2) is 7.00. The van der Waals surface area contributed by atoms with E-state index in [0.717, 1.165) is 0 Å². The van der Waals surface area contributed by atoms with Gasteiger partial charge < -0.3 is 18.9 Å². The van der Waals surface area contributed by atoms with Crippen LogP contribution in [0.3, 0.4) is 0 Å². The number of amides is 1. The fourth-order valence-electron chi connectivity index (χ4n) is 2.59. The van der Waals surface area contributed by atoms with Crippen LogP contribution in [0.15, 0.2) is 28.8 Å². The Morgan fingerprint density at radius 3 is 2.75 bits per heavy atom. The SMILES string of the molecule is Cc1nc(COc2ccc(C(=O)N3C[C@@H](C)OC[C@@H]3C)cc2)no1. The predicted octanol–water partition coefficient (Wildman–Crippen LogP) is 2.21. The lowest BCUT2D eigenvalue weighted by Gasteiger charge is -2.36. The number of morpholine rings is 1. The average molecular weight is 331 g/mol. The molecule has 1 aliphatic heterocycles. The molecule has 0 radical (unpaired) electrons. The van der Waals surface area contributed by atoms with Gasteiger partial charge in [-0.3, -0.25) is 4.79 Å². The Hall–Kier alpha value is -2.41. The Morgan fingerprint density at radius 2 is 2.08 bits per heavy atom. The van der Waals surface area contributed by atoms with E-state index < -0.39 is 0 Å². The number of carbonyl (C=O) groups is 1. The first-order valence-corrected chi connectivity index (χ1v) is 7.97. The Balaban J connectivity index is 1.62. The summed E-state index contributed by atoms with van der Waals surface area (Å²) in [5.74, 6) is 1.66. The van der Waals surface area contributed by atoms with Crippen molar-refractivity contribution in [2.24, 2.45) is 0 Å². The van der Waals surface area contributed by atoms with E-state index in [0.29, 0.717) is 36.2 Å². The van der Waals surface area contributed by atoms with Crippen LogP contribution in [0.25, 0.3) is 0 Å². The van der Waals surface area contributed by atoms with Crippen LogP contribution in [0.1, 0.15) is 35.9 Å². The minimum atomic E-state index is 0.0120. The van der Waals surface area contributed by atoms with Crippen molar-refractivity contribution in [3.05, 3.63) is 41.5 Å². The first kappa shape index (κ1) is 16.4. The first-order valence-electron chi connectivity index (χ1n) is 7.97. The zero-order valence-electron chi connectivity index (χ0n) is 14.1. The molecule has 1 amide bonds. The Kier molecular flexibility index (Phi) is 4.80. The van der Waals surface area contributed by atoms with Gasteiger partial charge in [0.25, 0.3) is 5.91 Å². The lowest BCUT2D eigenvalue weighted by atomic mass is 10.1. The monoisotopic (exact) mass is 331 g/mol. The van der Waals surface area contributed by atoms with Gasteiger partial charge in [0.2, 0.25) is 11.7 Å². The number of rotatable bonds is 4. The predicted molar refractivity (Wildman–Crippen MR) is 85.7 cm³/mol. The highest BCUT2D eigenvalue weighted by Gasteiger charge is 2.28. The van der Waals surface area contributed by atoms with Crippen LogP contribution in [-0.2, 0) is 11.3 Å². The highest BCUT2D eigenvalue weighted by Crippen LogP contribution is 2.18. The third kappa shape index (κ3) is 3.73. The number of aryl methyl sites for hydroxylation is 1. The number of hydrogen-bond acceptors (Lipinski definition) is 6. The summed E-state index contributed by atoms with van der Waals surface area (Å²) in [6.45, 7) is 7.09. The van der Waals surface area contributed by atoms with Gasteiger partial charge in [-0.25, -0.2) is 0 Å². The number of benzene rings is 1. The molecule has 1 fully saturated rings. The van der Waals surface area contributed by atoms with Crippen molar-refractivity contribution in [2.75, 3.05) is 13.2 Å². The molecule has 2 heterocycles. The molecule has 0 saturated carbocycles. The van der Waals surface area contributed by atoms with Gasteiger partial charge in [-0.05, 0) is 38.1 Å². The fourth-order valence-corrected chi connectivity index (χ4v) is 2.59. The summed E-state index contributed by atoms with van der Waals surface area (Å²) in [6.07, 6.45) is 0.0613. The van der Waals surface area contributed by atoms with Crippen molar-refractivity contribution in [3.63, 3.8) is 0 Å². The molecule has 2 atom stereocenters. The van der Waals surface area contributed by atoms with Crippen LogP contribution in [-0.4, -0.2) is 46.2 Å². The Bertz CT molecular complexity index is 698. The van der Waals surface area contributed by atoms with Crippen molar-refractivity contribution >= 4 is 5.91 Å². The molecular formula is C17H21N3O4. The summed E-state index contributed by atoms with van der Waals surface area (Å²) < 4.78 is 16.0. The summed E-state index contributed by atoms with van der Waals surface area (Å²) in [4.78, 5) is 18.6. The van der Waals surface area contributed by atoms with Crippen molar-refractivity contribution in [3.8, 4) is 5.75 Å².